The molecule has 0 aliphatic carbocycles. The van der Waals surface area contributed by atoms with Gasteiger partial charge >= 0.3 is 0 Å². The molecule has 0 aliphatic heterocycles. The molecule has 0 fully saturated rings. The van der Waals surface area contributed by atoms with Crippen molar-refractivity contribution in [3.8, 4) is 11.5 Å². The van der Waals surface area contributed by atoms with Crippen molar-refractivity contribution in [3.05, 3.63) is 53.3 Å². The quantitative estimate of drug-likeness (QED) is 0.754. The lowest BCUT2D eigenvalue weighted by Gasteiger charge is -2.16. The van der Waals surface area contributed by atoms with E-state index in [1.54, 1.807) is 51.5 Å². The van der Waals surface area contributed by atoms with E-state index in [-0.39, 0.29) is 17.8 Å². The molecular weight excluding hydrogens is 335 g/mol. The Bertz CT molecular complexity index is 765. The number of halogens is 1. The predicted molar refractivity (Wildman–Crippen MR) is 100 cm³/mol. The van der Waals surface area contributed by atoms with Crippen LogP contribution in [-0.2, 0) is 11.3 Å². The van der Waals surface area contributed by atoms with Gasteiger partial charge in [-0.25, -0.2) is 4.39 Å². The molecule has 5 nitrogen and oxygen atoms in total. The molecule has 0 saturated heterocycles. The van der Waals surface area contributed by atoms with Gasteiger partial charge in [-0.2, -0.15) is 0 Å². The smallest absolute Gasteiger partial charge is 0.226 e. The van der Waals surface area contributed by atoms with E-state index in [9.17, 15) is 9.18 Å². The number of hydrogen-bond donors (Lipinski definition) is 2. The highest BCUT2D eigenvalue weighted by Crippen LogP contribution is 2.29. The van der Waals surface area contributed by atoms with Crippen molar-refractivity contribution in [1.29, 1.82) is 0 Å². The highest BCUT2D eigenvalue weighted by Gasteiger charge is 2.12. The van der Waals surface area contributed by atoms with Gasteiger partial charge in [0.15, 0.2) is 0 Å². The van der Waals surface area contributed by atoms with Crippen molar-refractivity contribution >= 4 is 11.6 Å². The number of anilines is 1. The molecule has 0 spiro atoms. The van der Waals surface area contributed by atoms with Crippen molar-refractivity contribution in [2.75, 3.05) is 19.5 Å². The van der Waals surface area contributed by atoms with Gasteiger partial charge in [0.05, 0.1) is 19.9 Å². The van der Waals surface area contributed by atoms with Crippen molar-refractivity contribution in [2.45, 2.75) is 32.9 Å². The van der Waals surface area contributed by atoms with Gasteiger partial charge < -0.3 is 20.1 Å². The molecule has 2 N–H and O–H groups in total. The highest BCUT2D eigenvalue weighted by atomic mass is 19.1. The molecule has 1 amide bonds. The number of benzene rings is 2. The van der Waals surface area contributed by atoms with Crippen LogP contribution in [0.15, 0.2) is 36.4 Å². The van der Waals surface area contributed by atoms with Gasteiger partial charge in [0, 0.05) is 25.1 Å². The van der Waals surface area contributed by atoms with E-state index in [1.807, 2.05) is 6.92 Å². The van der Waals surface area contributed by atoms with Gasteiger partial charge in [-0.3, -0.25) is 4.79 Å². The Morgan fingerprint density at radius 2 is 1.92 bits per heavy atom. The number of methoxy groups -OCH3 is 2. The number of nitrogens with one attached hydrogen (secondary N) is 2. The largest absolute Gasteiger partial charge is 0.497 e. The predicted octanol–water partition coefficient (Wildman–Crippen LogP) is 3.66. The molecule has 0 bridgehead atoms. The van der Waals surface area contributed by atoms with Crippen molar-refractivity contribution < 1.29 is 18.7 Å². The van der Waals surface area contributed by atoms with Gasteiger partial charge in [-0.15, -0.1) is 0 Å². The summed E-state index contributed by atoms with van der Waals surface area (Å²) in [6, 6.07) is 10.2. The van der Waals surface area contributed by atoms with Crippen LogP contribution in [0.2, 0.25) is 0 Å². The summed E-state index contributed by atoms with van der Waals surface area (Å²) >= 11 is 0. The number of ether oxygens (including phenoxy) is 2. The standard InChI is InChI=1S/C20H25FN2O3/c1-13-9-15(5-7-17(13)21)12-22-14(2)10-20(24)23-18-11-16(25-3)6-8-19(18)26-4/h5-9,11,14,22H,10,12H2,1-4H3,(H,23,24). The van der Waals surface area contributed by atoms with Crippen LogP contribution in [-0.4, -0.2) is 26.2 Å². The lowest BCUT2D eigenvalue weighted by atomic mass is 10.1. The van der Waals surface area contributed by atoms with Crippen LogP contribution in [0.3, 0.4) is 0 Å². The van der Waals surface area contributed by atoms with Gasteiger partial charge in [0.25, 0.3) is 0 Å². The number of amides is 1. The summed E-state index contributed by atoms with van der Waals surface area (Å²) < 4.78 is 23.7. The average molecular weight is 360 g/mol. The summed E-state index contributed by atoms with van der Waals surface area (Å²) in [5, 5.41) is 6.12. The van der Waals surface area contributed by atoms with Gasteiger partial charge in [0.2, 0.25) is 5.91 Å². The fourth-order valence-corrected chi connectivity index (χ4v) is 2.57. The summed E-state index contributed by atoms with van der Waals surface area (Å²) in [7, 11) is 3.11. The Hall–Kier alpha value is -2.60. The number of hydrogen-bond acceptors (Lipinski definition) is 4. The summed E-state index contributed by atoms with van der Waals surface area (Å²) in [6.07, 6.45) is 0.292. The molecule has 26 heavy (non-hydrogen) atoms. The number of carbonyl (C=O) groups is 1. The van der Waals surface area contributed by atoms with Gasteiger partial charge in [0.1, 0.15) is 17.3 Å². The lowest BCUT2D eigenvalue weighted by Crippen LogP contribution is -2.30. The monoisotopic (exact) mass is 360 g/mol. The van der Waals surface area contributed by atoms with E-state index in [1.165, 1.54) is 6.07 Å². The minimum atomic E-state index is -0.214. The first kappa shape index (κ1) is 19.7. The third-order valence-electron chi connectivity index (χ3n) is 4.05. The second-order valence-corrected chi connectivity index (χ2v) is 6.18. The second-order valence-electron chi connectivity index (χ2n) is 6.18. The summed E-state index contributed by atoms with van der Waals surface area (Å²) in [5.41, 5.74) is 2.16. The summed E-state index contributed by atoms with van der Waals surface area (Å²) in [6.45, 7) is 4.23. The van der Waals surface area contributed by atoms with Crippen LogP contribution in [0.1, 0.15) is 24.5 Å². The first-order chi connectivity index (χ1) is 12.4. The molecule has 6 heteroatoms. The molecular formula is C20H25FN2O3. The molecule has 1 unspecified atom stereocenters. The Kier molecular flexibility index (Phi) is 6.97. The van der Waals surface area contributed by atoms with E-state index < -0.39 is 0 Å². The van der Waals surface area contributed by atoms with Crippen LogP contribution in [0.5, 0.6) is 11.5 Å². The normalized spacial score (nSPS) is 11.7. The number of carbonyl (C=O) groups excluding carboxylic acids is 1. The summed E-state index contributed by atoms with van der Waals surface area (Å²) in [5.74, 6) is 0.862. The average Bonchev–Trinajstić information content (AvgIpc) is 2.62. The molecule has 0 saturated carbocycles. The zero-order valence-corrected chi connectivity index (χ0v) is 15.6. The Labute approximate surface area is 153 Å². The van der Waals surface area contributed by atoms with Crippen LogP contribution in [0.25, 0.3) is 0 Å². The molecule has 0 radical (unpaired) electrons. The van der Waals surface area contributed by atoms with E-state index in [2.05, 4.69) is 10.6 Å². The fourth-order valence-electron chi connectivity index (χ4n) is 2.57. The fraction of sp³-hybridized carbons (Fsp3) is 0.350. The summed E-state index contributed by atoms with van der Waals surface area (Å²) in [4.78, 5) is 12.3. The van der Waals surface area contributed by atoms with Crippen LogP contribution >= 0.6 is 0 Å². The van der Waals surface area contributed by atoms with E-state index in [0.717, 1.165) is 5.56 Å². The molecule has 0 heterocycles. The topological polar surface area (TPSA) is 59.6 Å². The number of aryl methyl sites for hydroxylation is 1. The third-order valence-corrected chi connectivity index (χ3v) is 4.05. The van der Waals surface area contributed by atoms with Crippen molar-refractivity contribution in [1.82, 2.24) is 5.32 Å². The van der Waals surface area contributed by atoms with Crippen LogP contribution in [0, 0.1) is 12.7 Å². The van der Waals surface area contributed by atoms with Crippen molar-refractivity contribution in [3.63, 3.8) is 0 Å². The van der Waals surface area contributed by atoms with Gasteiger partial charge in [-0.05, 0) is 43.2 Å². The SMILES string of the molecule is COc1ccc(OC)c(NC(=O)CC(C)NCc2ccc(F)c(C)c2)c1. The molecule has 140 valence electrons. The van der Waals surface area contributed by atoms with E-state index in [0.29, 0.717) is 35.7 Å². The maximum Gasteiger partial charge on any atom is 0.226 e. The first-order valence-corrected chi connectivity index (χ1v) is 8.43. The molecule has 2 rings (SSSR count). The third kappa shape index (κ3) is 5.46. The maximum absolute atomic E-state index is 13.3. The lowest BCUT2D eigenvalue weighted by molar-refractivity contribution is -0.116. The van der Waals surface area contributed by atoms with E-state index >= 15 is 0 Å². The highest BCUT2D eigenvalue weighted by molar-refractivity contribution is 5.92. The minimum Gasteiger partial charge on any atom is -0.497 e. The molecule has 0 aliphatic rings. The maximum atomic E-state index is 13.3. The first-order valence-electron chi connectivity index (χ1n) is 8.43. The Morgan fingerprint density at radius 3 is 2.58 bits per heavy atom. The van der Waals surface area contributed by atoms with Crippen molar-refractivity contribution in [2.24, 2.45) is 0 Å². The number of rotatable bonds is 8. The zero-order valence-electron chi connectivity index (χ0n) is 15.6. The molecule has 0 aromatic heterocycles. The Morgan fingerprint density at radius 1 is 1.15 bits per heavy atom. The second kappa shape index (κ2) is 9.20. The van der Waals surface area contributed by atoms with Gasteiger partial charge in [-0.1, -0.05) is 12.1 Å². The van der Waals surface area contributed by atoms with E-state index in [4.69, 9.17) is 9.47 Å². The van der Waals surface area contributed by atoms with Crippen LogP contribution in [0.4, 0.5) is 10.1 Å². The molecule has 2 aromatic rings. The Balaban J connectivity index is 1.89. The minimum absolute atomic E-state index is 0.0445. The molecule has 1 atom stereocenters. The molecule has 2 aromatic carbocycles. The zero-order chi connectivity index (χ0) is 19.1. The van der Waals surface area contributed by atoms with Crippen LogP contribution < -0.4 is 20.1 Å².